The molecule has 0 aromatic heterocycles. The lowest BCUT2D eigenvalue weighted by molar-refractivity contribution is 0.315. The Kier molecular flexibility index (Phi) is 24.1. The fourth-order valence-corrected chi connectivity index (χ4v) is 3.89. The highest BCUT2D eigenvalue weighted by molar-refractivity contribution is 8.22. The smallest absolute Gasteiger partial charge is 0.136 e. The first-order valence-electron chi connectivity index (χ1n) is 10.1. The zero-order valence-electron chi connectivity index (χ0n) is 19.5. The number of thiocarbonyl (C=S) groups is 1. The van der Waals surface area contributed by atoms with E-state index in [0.29, 0.717) is 11.3 Å². The monoisotopic (exact) mass is 431 g/mol. The number of nitrogens with zero attached hydrogens (tertiary/aromatic N) is 1. The highest BCUT2D eigenvalue weighted by atomic mass is 32.2. The molecule has 0 spiro atoms. The lowest BCUT2D eigenvalue weighted by atomic mass is 9.79. The SMILES string of the molecule is C=C/C=C(\C=C/C)C(CC)CC(C)(C)C.CCSC(=S)N(CC)CC.CP. The fourth-order valence-electron chi connectivity index (χ4n) is 2.59. The summed E-state index contributed by atoms with van der Waals surface area (Å²) in [7, 11) is 2.42. The fraction of sp³-hybridized carbons (Fsp3) is 0.696. The maximum Gasteiger partial charge on any atom is 0.136 e. The molecule has 160 valence electrons. The van der Waals surface area contributed by atoms with Gasteiger partial charge in [-0.1, -0.05) is 96.1 Å². The van der Waals surface area contributed by atoms with Crippen molar-refractivity contribution >= 4 is 37.5 Å². The van der Waals surface area contributed by atoms with Crippen LogP contribution >= 0.6 is 33.2 Å². The predicted octanol–water partition coefficient (Wildman–Crippen LogP) is 7.99. The molecule has 4 heteroatoms. The van der Waals surface area contributed by atoms with Crippen molar-refractivity contribution in [2.45, 2.75) is 68.2 Å². The highest BCUT2D eigenvalue weighted by Crippen LogP contribution is 2.31. The number of allylic oxidation sites excluding steroid dienone is 5. The van der Waals surface area contributed by atoms with Crippen molar-refractivity contribution in [2.75, 3.05) is 25.5 Å². The summed E-state index contributed by atoms with van der Waals surface area (Å²) in [5.74, 6) is 1.73. The molecule has 0 fully saturated rings. The largest absolute Gasteiger partial charge is 0.358 e. The molecular weight excluding hydrogens is 385 g/mol. The van der Waals surface area contributed by atoms with Crippen LogP contribution in [0, 0.1) is 11.3 Å². The molecule has 0 radical (unpaired) electrons. The van der Waals surface area contributed by atoms with Gasteiger partial charge in [0.05, 0.1) is 0 Å². The van der Waals surface area contributed by atoms with Crippen molar-refractivity contribution in [1.29, 1.82) is 0 Å². The van der Waals surface area contributed by atoms with Crippen LogP contribution in [0.2, 0.25) is 0 Å². The molecule has 0 aliphatic heterocycles. The van der Waals surface area contributed by atoms with Crippen molar-refractivity contribution in [3.05, 3.63) is 36.5 Å². The summed E-state index contributed by atoms with van der Waals surface area (Å²) < 4.78 is 1.03. The molecule has 0 aromatic carbocycles. The Balaban J connectivity index is -0.000000417. The van der Waals surface area contributed by atoms with Gasteiger partial charge in [0.15, 0.2) is 0 Å². The van der Waals surface area contributed by atoms with Gasteiger partial charge in [-0.25, -0.2) is 0 Å². The van der Waals surface area contributed by atoms with E-state index in [1.54, 1.807) is 11.8 Å². The van der Waals surface area contributed by atoms with Crippen LogP contribution in [-0.4, -0.2) is 34.7 Å². The number of hydrogen-bond donors (Lipinski definition) is 0. The van der Waals surface area contributed by atoms with Crippen molar-refractivity contribution in [2.24, 2.45) is 11.3 Å². The molecule has 0 amide bonds. The summed E-state index contributed by atoms with van der Waals surface area (Å²) in [6, 6.07) is 0. The van der Waals surface area contributed by atoms with E-state index in [2.05, 4.69) is 94.3 Å². The molecule has 0 aromatic rings. The summed E-state index contributed by atoms with van der Waals surface area (Å²) in [4.78, 5) is 2.20. The third kappa shape index (κ3) is 19.0. The van der Waals surface area contributed by atoms with E-state index in [4.69, 9.17) is 12.2 Å². The first-order chi connectivity index (χ1) is 12.7. The third-order valence-corrected chi connectivity index (χ3v) is 5.19. The second-order valence-electron chi connectivity index (χ2n) is 7.14. The standard InChI is InChI=1S/C15H26.C7H15NS2.CH5P/c1-7-10-14(11-8-2)13(9-3)12-15(4,5)6;1-4-8(5-2)7(9)10-6-3;1-2/h7-8,10-11,13H,1,9,12H2,2-6H3;4-6H2,1-3H3;2H2,1H3/b11-8-,14-10+;;. The minimum atomic E-state index is 0.391. The van der Waals surface area contributed by atoms with E-state index < -0.39 is 0 Å². The maximum absolute atomic E-state index is 5.16. The van der Waals surface area contributed by atoms with Crippen LogP contribution in [0.25, 0.3) is 0 Å². The van der Waals surface area contributed by atoms with Crippen LogP contribution in [0.3, 0.4) is 0 Å². The van der Waals surface area contributed by atoms with Gasteiger partial charge in [-0.15, -0.1) is 9.24 Å². The first-order valence-corrected chi connectivity index (χ1v) is 12.7. The molecule has 0 saturated carbocycles. The first kappa shape index (κ1) is 31.6. The zero-order valence-corrected chi connectivity index (χ0v) is 22.3. The summed E-state index contributed by atoms with van der Waals surface area (Å²) in [5, 5.41) is 0. The van der Waals surface area contributed by atoms with Gasteiger partial charge in [-0.05, 0) is 56.3 Å². The lowest BCUT2D eigenvalue weighted by Gasteiger charge is -2.26. The Hall–Kier alpha value is -0.110. The van der Waals surface area contributed by atoms with E-state index >= 15 is 0 Å². The Labute approximate surface area is 183 Å². The molecule has 0 N–H and O–H groups in total. The van der Waals surface area contributed by atoms with E-state index in [1.807, 2.05) is 12.7 Å². The van der Waals surface area contributed by atoms with Crippen molar-refractivity contribution in [1.82, 2.24) is 4.90 Å². The van der Waals surface area contributed by atoms with Crippen molar-refractivity contribution in [3.63, 3.8) is 0 Å². The van der Waals surface area contributed by atoms with Crippen molar-refractivity contribution < 1.29 is 0 Å². The quantitative estimate of drug-likeness (QED) is 0.218. The molecule has 0 aliphatic carbocycles. The molecule has 1 nitrogen and oxygen atoms in total. The van der Waals surface area contributed by atoms with E-state index in [1.165, 1.54) is 18.4 Å². The van der Waals surface area contributed by atoms with Gasteiger partial charge in [0.1, 0.15) is 4.32 Å². The maximum atomic E-state index is 5.16. The summed E-state index contributed by atoms with van der Waals surface area (Å²) in [5.41, 5.74) is 1.80. The Morgan fingerprint density at radius 3 is 1.96 bits per heavy atom. The van der Waals surface area contributed by atoms with Gasteiger partial charge in [0, 0.05) is 13.1 Å². The van der Waals surface area contributed by atoms with E-state index in [0.717, 1.165) is 23.2 Å². The highest BCUT2D eigenvalue weighted by Gasteiger charge is 2.18. The van der Waals surface area contributed by atoms with E-state index in [9.17, 15) is 0 Å². The molecular formula is C23H46NPS2. The van der Waals surface area contributed by atoms with Crippen LogP contribution in [0.5, 0.6) is 0 Å². The third-order valence-electron chi connectivity index (χ3n) is 3.78. The number of rotatable bonds is 8. The molecule has 2 atom stereocenters. The Bertz CT molecular complexity index is 419. The average Bonchev–Trinajstić information content (AvgIpc) is 2.62. The van der Waals surface area contributed by atoms with Gasteiger partial charge in [-0.2, -0.15) is 0 Å². The molecule has 0 rings (SSSR count). The second kappa shape index (κ2) is 20.6. The average molecular weight is 432 g/mol. The summed E-state index contributed by atoms with van der Waals surface area (Å²) >= 11 is 6.91. The van der Waals surface area contributed by atoms with Crippen LogP contribution in [0.1, 0.15) is 68.2 Å². The molecule has 27 heavy (non-hydrogen) atoms. The van der Waals surface area contributed by atoms with E-state index in [-0.39, 0.29) is 0 Å². The molecule has 0 bridgehead atoms. The van der Waals surface area contributed by atoms with Crippen molar-refractivity contribution in [3.8, 4) is 0 Å². The molecule has 2 unspecified atom stereocenters. The van der Waals surface area contributed by atoms with Gasteiger partial charge < -0.3 is 4.90 Å². The minimum Gasteiger partial charge on any atom is -0.358 e. The van der Waals surface area contributed by atoms with Gasteiger partial charge in [0.2, 0.25) is 0 Å². The number of thioether (sulfide) groups is 1. The molecule has 0 heterocycles. The van der Waals surface area contributed by atoms with Crippen LogP contribution in [0.15, 0.2) is 36.5 Å². The van der Waals surface area contributed by atoms with Crippen LogP contribution in [-0.2, 0) is 0 Å². The predicted molar refractivity (Wildman–Crippen MR) is 140 cm³/mol. The molecule has 0 aliphatic rings. The van der Waals surface area contributed by atoms with Gasteiger partial charge in [-0.3, -0.25) is 0 Å². The Morgan fingerprint density at radius 2 is 1.67 bits per heavy atom. The molecule has 0 saturated heterocycles. The zero-order chi connectivity index (χ0) is 21.9. The second-order valence-corrected chi connectivity index (χ2v) is 9.04. The van der Waals surface area contributed by atoms with Gasteiger partial charge >= 0.3 is 0 Å². The topological polar surface area (TPSA) is 3.24 Å². The Morgan fingerprint density at radius 1 is 1.15 bits per heavy atom. The normalized spacial score (nSPS) is 12.4. The summed E-state index contributed by atoms with van der Waals surface area (Å²) in [6.07, 6.45) is 10.8. The minimum absolute atomic E-state index is 0.391. The van der Waals surface area contributed by atoms with Crippen LogP contribution < -0.4 is 0 Å². The number of hydrogen-bond acceptors (Lipinski definition) is 2. The van der Waals surface area contributed by atoms with Gasteiger partial charge in [0.25, 0.3) is 0 Å². The lowest BCUT2D eigenvalue weighted by Crippen LogP contribution is -2.26. The van der Waals surface area contributed by atoms with Crippen LogP contribution in [0.4, 0.5) is 0 Å². The summed E-state index contributed by atoms with van der Waals surface area (Å²) in [6.45, 7) is 25.4.